The second-order valence-corrected chi connectivity index (χ2v) is 5.13. The number of aliphatic hydroxyl groups excluding tert-OH is 1. The van der Waals surface area contributed by atoms with Crippen molar-refractivity contribution in [3.05, 3.63) is 34.9 Å². The second-order valence-electron chi connectivity index (χ2n) is 4.12. The molecule has 0 spiro atoms. The Morgan fingerprint density at radius 1 is 1.39 bits per heavy atom. The Bertz CT molecular complexity index is 568. The second kappa shape index (κ2) is 5.07. The number of halogens is 1. The van der Waals surface area contributed by atoms with Crippen LogP contribution in [-0.4, -0.2) is 20.3 Å². The number of benzene rings is 1. The normalized spacial score (nSPS) is 12.7. The third kappa shape index (κ3) is 2.70. The maximum absolute atomic E-state index is 13.5. The number of hydrogen-bond acceptors (Lipinski definition) is 4. The average Bonchev–Trinajstić information content (AvgIpc) is 2.68. The predicted molar refractivity (Wildman–Crippen MR) is 67.0 cm³/mol. The lowest BCUT2D eigenvalue weighted by molar-refractivity contribution is 0.196. The summed E-state index contributed by atoms with van der Waals surface area (Å²) < 4.78 is 13.5. The predicted octanol–water partition coefficient (Wildman–Crippen LogP) is 2.77. The van der Waals surface area contributed by atoms with E-state index in [9.17, 15) is 9.50 Å². The van der Waals surface area contributed by atoms with E-state index in [0.717, 1.165) is 10.7 Å². The van der Waals surface area contributed by atoms with Crippen molar-refractivity contribution in [2.45, 2.75) is 36.9 Å². The van der Waals surface area contributed by atoms with Crippen LogP contribution < -0.4 is 0 Å². The summed E-state index contributed by atoms with van der Waals surface area (Å²) >= 11 is 1.31. The van der Waals surface area contributed by atoms with Crippen molar-refractivity contribution in [1.29, 1.82) is 0 Å². The maximum Gasteiger partial charge on any atom is 0.213 e. The van der Waals surface area contributed by atoms with Gasteiger partial charge in [-0.05, 0) is 55.8 Å². The lowest BCUT2D eigenvalue weighted by Crippen LogP contribution is -1.97. The minimum atomic E-state index is -0.734. The summed E-state index contributed by atoms with van der Waals surface area (Å²) in [4.78, 5) is 4.95. The van der Waals surface area contributed by atoms with Gasteiger partial charge in [0.15, 0.2) is 0 Å². The van der Waals surface area contributed by atoms with Crippen LogP contribution in [0.15, 0.2) is 22.2 Å². The molecule has 0 fully saturated rings. The third-order valence-electron chi connectivity index (χ3n) is 2.52. The molecule has 0 saturated carbocycles. The summed E-state index contributed by atoms with van der Waals surface area (Å²) in [6, 6.07) is 3.07. The zero-order valence-electron chi connectivity index (χ0n) is 10.4. The van der Waals surface area contributed by atoms with Gasteiger partial charge >= 0.3 is 0 Å². The molecule has 2 aromatic rings. The highest BCUT2D eigenvalue weighted by atomic mass is 32.2. The van der Waals surface area contributed by atoms with Crippen LogP contribution in [0.5, 0.6) is 0 Å². The van der Waals surface area contributed by atoms with Crippen LogP contribution in [0, 0.1) is 19.7 Å². The van der Waals surface area contributed by atoms with Gasteiger partial charge in [0.2, 0.25) is 5.16 Å². The number of aromatic nitrogens is 3. The molecule has 0 radical (unpaired) electrons. The van der Waals surface area contributed by atoms with E-state index in [1.165, 1.54) is 17.8 Å². The summed E-state index contributed by atoms with van der Waals surface area (Å²) in [6.45, 7) is 5.11. The summed E-state index contributed by atoms with van der Waals surface area (Å²) in [5, 5.41) is 17.0. The number of nitrogens with one attached hydrogen (secondary N) is 1. The molecule has 1 aromatic heterocycles. The smallest absolute Gasteiger partial charge is 0.213 e. The Kier molecular flexibility index (Phi) is 3.68. The molecule has 0 aliphatic heterocycles. The monoisotopic (exact) mass is 267 g/mol. The van der Waals surface area contributed by atoms with Crippen molar-refractivity contribution in [3.8, 4) is 0 Å². The van der Waals surface area contributed by atoms with E-state index in [1.807, 2.05) is 6.92 Å². The molecular weight excluding hydrogens is 253 g/mol. The Morgan fingerprint density at radius 2 is 2.11 bits per heavy atom. The number of nitrogens with zero attached hydrogens (tertiary/aromatic N) is 2. The molecule has 96 valence electrons. The topological polar surface area (TPSA) is 61.8 Å². The first-order valence-corrected chi connectivity index (χ1v) is 6.34. The molecule has 0 aliphatic rings. The molecular formula is C12H14FN3OS. The lowest BCUT2D eigenvalue weighted by Gasteiger charge is -2.12. The minimum Gasteiger partial charge on any atom is -0.389 e. The van der Waals surface area contributed by atoms with Gasteiger partial charge in [0, 0.05) is 4.90 Å². The van der Waals surface area contributed by atoms with Gasteiger partial charge in [-0.2, -0.15) is 0 Å². The maximum atomic E-state index is 13.5. The molecule has 0 saturated heterocycles. The molecule has 0 amide bonds. The number of aliphatic hydroxyl groups is 1. The van der Waals surface area contributed by atoms with Crippen LogP contribution in [0.2, 0.25) is 0 Å². The molecule has 2 N–H and O–H groups in total. The largest absolute Gasteiger partial charge is 0.389 e. The van der Waals surface area contributed by atoms with Gasteiger partial charge in [0.05, 0.1) is 6.10 Å². The van der Waals surface area contributed by atoms with Gasteiger partial charge in [-0.3, -0.25) is 5.10 Å². The van der Waals surface area contributed by atoms with Gasteiger partial charge in [-0.25, -0.2) is 9.37 Å². The fourth-order valence-corrected chi connectivity index (χ4v) is 2.61. The third-order valence-corrected chi connectivity index (χ3v) is 3.46. The number of aromatic amines is 1. The van der Waals surface area contributed by atoms with E-state index in [-0.39, 0.29) is 5.82 Å². The first kappa shape index (κ1) is 13.0. The summed E-state index contributed by atoms with van der Waals surface area (Å²) in [5.41, 5.74) is 1.08. The molecule has 1 aromatic carbocycles. The zero-order valence-corrected chi connectivity index (χ0v) is 11.2. The Morgan fingerprint density at radius 3 is 2.67 bits per heavy atom. The zero-order chi connectivity index (χ0) is 13.3. The molecule has 1 heterocycles. The van der Waals surface area contributed by atoms with E-state index >= 15 is 0 Å². The van der Waals surface area contributed by atoms with Crippen LogP contribution in [0.3, 0.4) is 0 Å². The van der Waals surface area contributed by atoms with Crippen LogP contribution in [0.25, 0.3) is 0 Å². The average molecular weight is 267 g/mol. The lowest BCUT2D eigenvalue weighted by atomic mass is 10.1. The molecule has 6 heteroatoms. The number of rotatable bonds is 3. The van der Waals surface area contributed by atoms with Gasteiger partial charge in [0.25, 0.3) is 0 Å². The molecule has 0 aliphatic carbocycles. The first-order chi connectivity index (χ1) is 8.47. The SMILES string of the molecule is Cc1nc(Sc2cc(C)c(F)cc2[C@H](C)O)n[nH]1. The highest BCUT2D eigenvalue weighted by Gasteiger charge is 2.14. The molecule has 1 atom stereocenters. The van der Waals surface area contributed by atoms with Crippen molar-refractivity contribution >= 4 is 11.8 Å². The van der Waals surface area contributed by atoms with Crippen molar-refractivity contribution in [2.24, 2.45) is 0 Å². The Hall–Kier alpha value is -1.40. The fraction of sp³-hybridized carbons (Fsp3) is 0.333. The number of aryl methyl sites for hydroxylation is 2. The van der Waals surface area contributed by atoms with E-state index in [1.54, 1.807) is 19.9 Å². The Labute approximate surface area is 109 Å². The van der Waals surface area contributed by atoms with E-state index < -0.39 is 6.10 Å². The summed E-state index contributed by atoms with van der Waals surface area (Å²) in [7, 11) is 0. The molecule has 18 heavy (non-hydrogen) atoms. The van der Waals surface area contributed by atoms with Gasteiger partial charge in [0.1, 0.15) is 11.6 Å². The van der Waals surface area contributed by atoms with Gasteiger partial charge in [-0.15, -0.1) is 5.10 Å². The van der Waals surface area contributed by atoms with Crippen molar-refractivity contribution in [2.75, 3.05) is 0 Å². The van der Waals surface area contributed by atoms with E-state index in [0.29, 0.717) is 16.3 Å². The first-order valence-electron chi connectivity index (χ1n) is 5.52. The molecule has 4 nitrogen and oxygen atoms in total. The van der Waals surface area contributed by atoms with Crippen molar-refractivity contribution < 1.29 is 9.50 Å². The van der Waals surface area contributed by atoms with Crippen LogP contribution in [0.1, 0.15) is 30.0 Å². The molecule has 2 rings (SSSR count). The minimum absolute atomic E-state index is 0.318. The molecule has 0 unspecified atom stereocenters. The molecule has 0 bridgehead atoms. The van der Waals surface area contributed by atoms with Gasteiger partial charge in [-0.1, -0.05) is 0 Å². The van der Waals surface area contributed by atoms with Crippen LogP contribution >= 0.6 is 11.8 Å². The summed E-state index contributed by atoms with van der Waals surface area (Å²) in [5.74, 6) is 0.399. The highest BCUT2D eigenvalue weighted by molar-refractivity contribution is 7.99. The standard InChI is InChI=1S/C12H14FN3OS/c1-6-4-11(9(7(2)17)5-10(6)13)18-12-14-8(3)15-16-12/h4-5,7,17H,1-3H3,(H,14,15,16)/t7-/m0/s1. The number of H-pyrrole nitrogens is 1. The Balaban J connectivity index is 2.39. The summed E-state index contributed by atoms with van der Waals surface area (Å²) in [6.07, 6.45) is -0.734. The van der Waals surface area contributed by atoms with Crippen molar-refractivity contribution in [1.82, 2.24) is 15.2 Å². The van der Waals surface area contributed by atoms with Crippen LogP contribution in [0.4, 0.5) is 4.39 Å². The number of hydrogen-bond donors (Lipinski definition) is 2. The highest BCUT2D eigenvalue weighted by Crippen LogP contribution is 2.33. The fourth-order valence-electron chi connectivity index (χ4n) is 1.55. The quantitative estimate of drug-likeness (QED) is 0.897. The van der Waals surface area contributed by atoms with Crippen molar-refractivity contribution in [3.63, 3.8) is 0 Å². The van der Waals surface area contributed by atoms with Gasteiger partial charge < -0.3 is 5.11 Å². The van der Waals surface area contributed by atoms with E-state index in [2.05, 4.69) is 15.2 Å². The van der Waals surface area contributed by atoms with Crippen LogP contribution in [-0.2, 0) is 0 Å². The van der Waals surface area contributed by atoms with E-state index in [4.69, 9.17) is 0 Å².